The molecule has 1 aromatic rings. The third kappa shape index (κ3) is 5.03. The van der Waals surface area contributed by atoms with E-state index in [9.17, 15) is 0 Å². The fraction of sp³-hybridized carbons (Fsp3) is 0.714. The molecule has 1 rings (SSSR count). The molecule has 0 aliphatic heterocycles. The number of anilines is 2. The van der Waals surface area contributed by atoms with Crippen molar-refractivity contribution in [3.8, 4) is 0 Å². The summed E-state index contributed by atoms with van der Waals surface area (Å²) in [5.41, 5.74) is -0.0833. The second-order valence-corrected chi connectivity index (χ2v) is 5.96. The molecule has 0 bridgehead atoms. The summed E-state index contributed by atoms with van der Waals surface area (Å²) < 4.78 is 0. The van der Waals surface area contributed by atoms with Gasteiger partial charge in [-0.15, -0.1) is 0 Å². The highest BCUT2D eigenvalue weighted by atomic mass is 16.3. The van der Waals surface area contributed by atoms with E-state index in [1.807, 2.05) is 13.1 Å². The van der Waals surface area contributed by atoms with Crippen molar-refractivity contribution in [1.29, 1.82) is 0 Å². The van der Waals surface area contributed by atoms with Crippen LogP contribution < -0.4 is 10.6 Å². The number of rotatable bonds is 6. The molecule has 0 aromatic carbocycles. The van der Waals surface area contributed by atoms with Gasteiger partial charge in [0, 0.05) is 31.7 Å². The van der Waals surface area contributed by atoms with Crippen molar-refractivity contribution in [2.45, 2.75) is 39.5 Å². The average molecular weight is 266 g/mol. The van der Waals surface area contributed by atoms with Gasteiger partial charge in [0.25, 0.3) is 0 Å². The predicted octanol–water partition coefficient (Wildman–Crippen LogP) is 2.25. The third-order valence-corrected chi connectivity index (χ3v) is 2.91. The summed E-state index contributed by atoms with van der Waals surface area (Å²) in [5, 5.41) is 15.3. The molecule has 0 fully saturated rings. The molecule has 108 valence electrons. The lowest BCUT2D eigenvalue weighted by Gasteiger charge is -2.19. The highest BCUT2D eigenvalue weighted by molar-refractivity contribution is 5.47. The Hall–Kier alpha value is -1.36. The molecular weight excluding hydrogens is 240 g/mol. The summed E-state index contributed by atoms with van der Waals surface area (Å²) >= 11 is 0. The fourth-order valence-electron chi connectivity index (χ4n) is 1.60. The van der Waals surface area contributed by atoms with E-state index in [4.69, 9.17) is 5.11 Å². The molecule has 0 saturated carbocycles. The van der Waals surface area contributed by atoms with Crippen LogP contribution in [0.4, 0.5) is 11.6 Å². The van der Waals surface area contributed by atoms with Crippen molar-refractivity contribution in [2.75, 3.05) is 30.8 Å². The van der Waals surface area contributed by atoms with Gasteiger partial charge in [-0.1, -0.05) is 27.7 Å². The SMILES string of the molecule is CNc1cc(NCC(C)CCO)nc(C(C)(C)C)n1. The summed E-state index contributed by atoms with van der Waals surface area (Å²) in [5.74, 6) is 2.87. The van der Waals surface area contributed by atoms with Crippen LogP contribution in [0.1, 0.15) is 39.9 Å². The number of nitrogens with zero attached hydrogens (tertiary/aromatic N) is 2. The largest absolute Gasteiger partial charge is 0.396 e. The maximum atomic E-state index is 8.90. The smallest absolute Gasteiger partial charge is 0.138 e. The Kier molecular flexibility index (Phi) is 5.54. The minimum Gasteiger partial charge on any atom is -0.396 e. The van der Waals surface area contributed by atoms with Crippen LogP contribution in [0.2, 0.25) is 0 Å². The van der Waals surface area contributed by atoms with Crippen LogP contribution in [-0.2, 0) is 5.41 Å². The van der Waals surface area contributed by atoms with Crippen molar-refractivity contribution < 1.29 is 5.11 Å². The first-order valence-corrected chi connectivity index (χ1v) is 6.79. The molecule has 5 nitrogen and oxygen atoms in total. The van der Waals surface area contributed by atoms with E-state index in [2.05, 4.69) is 48.3 Å². The van der Waals surface area contributed by atoms with Gasteiger partial charge in [0.1, 0.15) is 17.5 Å². The summed E-state index contributed by atoms with van der Waals surface area (Å²) in [7, 11) is 1.85. The normalized spacial score (nSPS) is 13.2. The van der Waals surface area contributed by atoms with E-state index in [1.165, 1.54) is 0 Å². The minimum absolute atomic E-state index is 0.0833. The van der Waals surface area contributed by atoms with Gasteiger partial charge in [-0.25, -0.2) is 9.97 Å². The molecular formula is C14H26N4O. The lowest BCUT2D eigenvalue weighted by atomic mass is 9.96. The summed E-state index contributed by atoms with van der Waals surface area (Å²) in [6, 6.07) is 1.90. The molecule has 0 radical (unpaired) electrons. The second-order valence-electron chi connectivity index (χ2n) is 5.96. The molecule has 1 heterocycles. The standard InChI is InChI=1S/C14H26N4O/c1-10(6-7-19)9-16-12-8-11(15-5)17-13(18-12)14(2,3)4/h8,10,19H,6-7,9H2,1-5H3,(H2,15,16,17,18). The molecule has 1 unspecified atom stereocenters. The van der Waals surface area contributed by atoms with Gasteiger partial charge in [-0.2, -0.15) is 0 Å². The first kappa shape index (κ1) is 15.7. The molecule has 3 N–H and O–H groups in total. The lowest BCUT2D eigenvalue weighted by Crippen LogP contribution is -2.19. The molecule has 19 heavy (non-hydrogen) atoms. The Bertz CT molecular complexity index is 401. The van der Waals surface area contributed by atoms with E-state index in [-0.39, 0.29) is 12.0 Å². The quantitative estimate of drug-likeness (QED) is 0.736. The monoisotopic (exact) mass is 266 g/mol. The van der Waals surface area contributed by atoms with Crippen LogP contribution in [-0.4, -0.2) is 35.3 Å². The molecule has 0 aliphatic carbocycles. The molecule has 1 atom stereocenters. The Morgan fingerprint density at radius 2 is 1.89 bits per heavy atom. The van der Waals surface area contributed by atoms with Crippen molar-refractivity contribution in [3.63, 3.8) is 0 Å². The second kappa shape index (κ2) is 6.70. The van der Waals surface area contributed by atoms with Crippen LogP contribution in [0.5, 0.6) is 0 Å². The minimum atomic E-state index is -0.0833. The Labute approximate surface area is 115 Å². The zero-order valence-electron chi connectivity index (χ0n) is 12.6. The summed E-state index contributed by atoms with van der Waals surface area (Å²) in [6.45, 7) is 9.42. The first-order valence-electron chi connectivity index (χ1n) is 6.79. The zero-order chi connectivity index (χ0) is 14.5. The van der Waals surface area contributed by atoms with Crippen molar-refractivity contribution in [2.24, 2.45) is 5.92 Å². The van der Waals surface area contributed by atoms with Crippen molar-refractivity contribution in [3.05, 3.63) is 11.9 Å². The van der Waals surface area contributed by atoms with Gasteiger partial charge in [0.05, 0.1) is 0 Å². The Morgan fingerprint density at radius 1 is 1.26 bits per heavy atom. The highest BCUT2D eigenvalue weighted by Gasteiger charge is 2.19. The van der Waals surface area contributed by atoms with Crippen LogP contribution in [0.15, 0.2) is 6.07 Å². The van der Waals surface area contributed by atoms with Gasteiger partial charge in [-0.3, -0.25) is 0 Å². The number of hydrogen-bond donors (Lipinski definition) is 3. The Morgan fingerprint density at radius 3 is 2.42 bits per heavy atom. The molecule has 0 amide bonds. The number of nitrogens with one attached hydrogen (secondary N) is 2. The van der Waals surface area contributed by atoms with Crippen LogP contribution in [0.25, 0.3) is 0 Å². The van der Waals surface area contributed by atoms with Gasteiger partial charge in [0.15, 0.2) is 0 Å². The summed E-state index contributed by atoms with van der Waals surface area (Å²) in [6.07, 6.45) is 0.795. The van der Waals surface area contributed by atoms with Gasteiger partial charge in [0.2, 0.25) is 0 Å². The molecule has 5 heteroatoms. The lowest BCUT2D eigenvalue weighted by molar-refractivity contribution is 0.266. The fourth-order valence-corrected chi connectivity index (χ4v) is 1.60. The van der Waals surface area contributed by atoms with Crippen LogP contribution in [0, 0.1) is 5.92 Å². The van der Waals surface area contributed by atoms with E-state index < -0.39 is 0 Å². The van der Waals surface area contributed by atoms with Gasteiger partial charge < -0.3 is 15.7 Å². The van der Waals surface area contributed by atoms with Crippen molar-refractivity contribution in [1.82, 2.24) is 9.97 Å². The zero-order valence-corrected chi connectivity index (χ0v) is 12.6. The van der Waals surface area contributed by atoms with Gasteiger partial charge in [-0.05, 0) is 12.3 Å². The van der Waals surface area contributed by atoms with E-state index in [0.717, 1.165) is 30.4 Å². The number of aliphatic hydroxyl groups excluding tert-OH is 1. The third-order valence-electron chi connectivity index (χ3n) is 2.91. The number of aliphatic hydroxyl groups is 1. The first-order chi connectivity index (χ1) is 8.86. The molecule has 0 aliphatic rings. The van der Waals surface area contributed by atoms with E-state index >= 15 is 0 Å². The number of aromatic nitrogens is 2. The van der Waals surface area contributed by atoms with Crippen molar-refractivity contribution >= 4 is 11.6 Å². The predicted molar refractivity (Wildman–Crippen MR) is 79.6 cm³/mol. The number of hydrogen-bond acceptors (Lipinski definition) is 5. The maximum Gasteiger partial charge on any atom is 0.138 e. The van der Waals surface area contributed by atoms with E-state index in [0.29, 0.717) is 5.92 Å². The maximum absolute atomic E-state index is 8.90. The molecule has 0 spiro atoms. The van der Waals surface area contributed by atoms with Crippen LogP contribution >= 0.6 is 0 Å². The average Bonchev–Trinajstić information content (AvgIpc) is 2.35. The molecule has 0 saturated heterocycles. The van der Waals surface area contributed by atoms with Gasteiger partial charge >= 0.3 is 0 Å². The van der Waals surface area contributed by atoms with E-state index in [1.54, 1.807) is 0 Å². The topological polar surface area (TPSA) is 70.1 Å². The van der Waals surface area contributed by atoms with Crippen LogP contribution in [0.3, 0.4) is 0 Å². The molecule has 1 aromatic heterocycles. The highest BCUT2D eigenvalue weighted by Crippen LogP contribution is 2.22. The Balaban J connectivity index is 2.83. The summed E-state index contributed by atoms with van der Waals surface area (Å²) in [4.78, 5) is 9.04.